The maximum Gasteiger partial charge on any atom is 0.449 e. The maximum atomic E-state index is 12.5. The normalized spacial score (nSPS) is 38.0. The zero-order valence-corrected chi connectivity index (χ0v) is 34.2. The van der Waals surface area contributed by atoms with Gasteiger partial charge in [-0.3, -0.25) is 14.4 Å². The van der Waals surface area contributed by atoms with Crippen LogP contribution < -0.4 is 0 Å². The number of Topliss-reactive ketones (excluding diaryl/α,β-unsaturated/α-hetero) is 3. The minimum Gasteiger partial charge on any atom is -0.504 e. The van der Waals surface area contributed by atoms with Gasteiger partial charge in [0, 0.05) is 74.3 Å². The second-order valence-electron chi connectivity index (χ2n) is 17.2. The van der Waals surface area contributed by atoms with E-state index in [0.717, 1.165) is 0 Å². The number of aliphatic hydroxyl groups is 3. The minimum absolute atomic E-state index is 0. The minimum atomic E-state index is -4.83. The fourth-order valence-corrected chi connectivity index (χ4v) is 9.88. The molecule has 6 bridgehead atoms. The number of halogens is 9. The van der Waals surface area contributed by atoms with Crippen LogP contribution in [0.3, 0.4) is 0 Å². The molecule has 6 fully saturated rings. The summed E-state index contributed by atoms with van der Waals surface area (Å²) >= 11 is 0. The predicted molar refractivity (Wildman–Crippen MR) is 166 cm³/mol. The molecular weight excluding hydrogens is 840 g/mol. The van der Waals surface area contributed by atoms with Crippen molar-refractivity contribution in [3.8, 4) is 0 Å². The van der Waals surface area contributed by atoms with E-state index in [1.54, 1.807) is 62.3 Å². The summed E-state index contributed by atoms with van der Waals surface area (Å²) in [5.74, 6) is -8.13. The average molecular weight is 886 g/mol. The Bertz CT molecular complexity index is 1460. The molecule has 0 spiro atoms. The van der Waals surface area contributed by atoms with Gasteiger partial charge in [0.05, 0.1) is 0 Å². The molecule has 6 atom stereocenters. The molecule has 0 aromatic heterocycles. The first-order chi connectivity index (χ1) is 22.6. The van der Waals surface area contributed by atoms with Crippen molar-refractivity contribution >= 4 is 17.3 Å². The molecule has 6 nitrogen and oxygen atoms in total. The van der Waals surface area contributed by atoms with Crippen molar-refractivity contribution in [1.29, 1.82) is 0 Å². The monoisotopic (exact) mass is 885 g/mol. The van der Waals surface area contributed by atoms with Crippen molar-refractivity contribution in [3.05, 3.63) is 34.0 Å². The van der Waals surface area contributed by atoms with E-state index in [2.05, 4.69) is 0 Å². The number of hydrogen-bond donors (Lipinski definition) is 3. The second-order valence-corrected chi connectivity index (χ2v) is 17.2. The molecule has 6 rings (SSSR count). The summed E-state index contributed by atoms with van der Waals surface area (Å²) in [6.07, 6.45) is -11.1. The van der Waals surface area contributed by atoms with Gasteiger partial charge in [0.25, 0.3) is 0 Å². The molecule has 0 heterocycles. The standard InChI is InChI=1S/3C12H15F3O2.Pr/c3*1-10(2)6-4-5-11(10,3)8(16)7(6)9(17)12(13,14)15;/h3*6,17H,4-5H2,1-3H3;/b3*9-7-;/t3*6-,11+;/m111./s1. The topological polar surface area (TPSA) is 112 Å². The number of ketones is 3. The number of aliphatic hydroxyl groups excluding tert-OH is 3. The summed E-state index contributed by atoms with van der Waals surface area (Å²) in [5.41, 5.74) is -5.08. The SMILES string of the molecule is CC1(C)[C@@H]2CC[C@@]1(C)C(=O)/C2=C(\O)C(F)(F)F.CC1(C)[C@@H]2CC[C@@]1(C)C(=O)/C2=C(\O)C(F)(F)F.CC1(C)[C@@H]2CC[C@@]1(C)C(=O)/C2=C(\O)C(F)(F)F.[Pr]. The zero-order chi connectivity index (χ0) is 39.7. The van der Waals surface area contributed by atoms with Crippen molar-refractivity contribution in [2.75, 3.05) is 0 Å². The van der Waals surface area contributed by atoms with Gasteiger partial charge >= 0.3 is 18.5 Å². The molecule has 0 aliphatic heterocycles. The van der Waals surface area contributed by atoms with Gasteiger partial charge in [-0.05, 0) is 72.5 Å². The van der Waals surface area contributed by atoms with Crippen molar-refractivity contribution in [2.24, 2.45) is 50.2 Å². The molecule has 0 aromatic carbocycles. The molecule has 3 N–H and O–H groups in total. The molecule has 1 radical (unpaired) electrons. The summed E-state index contributed by atoms with van der Waals surface area (Å²) in [4.78, 5) is 36.2. The van der Waals surface area contributed by atoms with E-state index in [-0.39, 0.29) is 41.3 Å². The quantitative estimate of drug-likeness (QED) is 0.127. The Balaban J connectivity index is 0.000000208. The summed E-state index contributed by atoms with van der Waals surface area (Å²) < 4.78 is 113. The predicted octanol–water partition coefficient (Wildman–Crippen LogP) is 10.2. The zero-order valence-electron chi connectivity index (χ0n) is 30.5. The van der Waals surface area contributed by atoms with Crippen LogP contribution in [-0.4, -0.2) is 51.2 Å². The van der Waals surface area contributed by atoms with E-state index in [4.69, 9.17) is 0 Å². The van der Waals surface area contributed by atoms with Gasteiger partial charge in [0.15, 0.2) is 17.3 Å². The first-order valence-electron chi connectivity index (χ1n) is 16.8. The molecule has 16 heteroatoms. The smallest absolute Gasteiger partial charge is 0.449 e. The second kappa shape index (κ2) is 13.0. The molecule has 6 aliphatic rings. The fraction of sp³-hybridized carbons (Fsp3) is 0.750. The summed E-state index contributed by atoms with van der Waals surface area (Å²) in [6.45, 7) is 15.9. The van der Waals surface area contributed by atoms with Gasteiger partial charge in [0.1, 0.15) is 0 Å². The van der Waals surface area contributed by atoms with E-state index in [1.807, 2.05) is 0 Å². The van der Waals surface area contributed by atoms with Crippen LogP contribution in [0.25, 0.3) is 0 Å². The number of hydrogen-bond acceptors (Lipinski definition) is 6. The van der Waals surface area contributed by atoms with Gasteiger partial charge in [0.2, 0.25) is 17.3 Å². The van der Waals surface area contributed by atoms with Gasteiger partial charge in [-0.25, -0.2) is 0 Å². The van der Waals surface area contributed by atoms with Crippen LogP contribution in [0, 0.1) is 91.5 Å². The van der Waals surface area contributed by atoms with Gasteiger partial charge in [-0.15, -0.1) is 0 Å². The van der Waals surface area contributed by atoms with Crippen LogP contribution in [0.15, 0.2) is 34.0 Å². The molecule has 0 saturated heterocycles. The van der Waals surface area contributed by atoms with Gasteiger partial charge in [-0.1, -0.05) is 62.3 Å². The number of allylic oxidation sites excluding steroid dienone is 6. The van der Waals surface area contributed by atoms with E-state index >= 15 is 0 Å². The third-order valence-corrected chi connectivity index (χ3v) is 14.5. The molecule has 52 heavy (non-hydrogen) atoms. The van der Waals surface area contributed by atoms with Gasteiger partial charge < -0.3 is 15.3 Å². The van der Waals surface area contributed by atoms with Crippen molar-refractivity contribution in [2.45, 2.75) is 119 Å². The molecule has 291 valence electrons. The molecule has 0 aromatic rings. The number of carbonyl (C=O) groups is 3. The maximum absolute atomic E-state index is 12.5. The number of carbonyl (C=O) groups excluding carboxylic acids is 3. The Morgan fingerprint density at radius 2 is 0.635 bits per heavy atom. The van der Waals surface area contributed by atoms with E-state index < -0.39 is 120 Å². The van der Waals surface area contributed by atoms with Crippen LogP contribution in [0.2, 0.25) is 0 Å². The number of fused-ring (bicyclic) bond motifs is 6. The number of rotatable bonds is 0. The first-order valence-corrected chi connectivity index (χ1v) is 16.8. The Hall–Kier alpha value is -1.64. The van der Waals surface area contributed by atoms with E-state index in [9.17, 15) is 69.2 Å². The molecular formula is C36H45F9O6Pr. The molecule has 0 unspecified atom stereocenters. The van der Waals surface area contributed by atoms with Crippen molar-refractivity contribution in [1.82, 2.24) is 0 Å². The first kappa shape index (κ1) is 44.8. The van der Waals surface area contributed by atoms with Crippen molar-refractivity contribution < 1.29 is 111 Å². The average Bonchev–Trinajstić information content (AvgIpc) is 3.59. The summed E-state index contributed by atoms with van der Waals surface area (Å²) in [5, 5.41) is 27.8. The van der Waals surface area contributed by atoms with E-state index in [0.29, 0.717) is 38.5 Å². The largest absolute Gasteiger partial charge is 0.504 e. The Labute approximate surface area is 329 Å². The van der Waals surface area contributed by atoms with E-state index in [1.165, 1.54) is 0 Å². The molecule has 0 amide bonds. The molecule has 6 aliphatic carbocycles. The Morgan fingerprint density at radius 3 is 0.750 bits per heavy atom. The van der Waals surface area contributed by atoms with Crippen LogP contribution in [0.5, 0.6) is 0 Å². The van der Waals surface area contributed by atoms with Gasteiger partial charge in [-0.2, -0.15) is 39.5 Å². The third kappa shape index (κ3) is 6.10. The van der Waals surface area contributed by atoms with Crippen LogP contribution in [0.1, 0.15) is 101 Å². The Kier molecular flexibility index (Phi) is 11.2. The van der Waals surface area contributed by atoms with Crippen LogP contribution >= 0.6 is 0 Å². The summed E-state index contributed by atoms with van der Waals surface area (Å²) in [7, 11) is 0. The number of alkyl halides is 9. The molecule has 6 saturated carbocycles. The third-order valence-electron chi connectivity index (χ3n) is 14.5. The van der Waals surface area contributed by atoms with Crippen LogP contribution in [-0.2, 0) is 14.4 Å². The van der Waals surface area contributed by atoms with Crippen molar-refractivity contribution in [3.63, 3.8) is 0 Å². The van der Waals surface area contributed by atoms with Crippen LogP contribution in [0.4, 0.5) is 39.5 Å². The fourth-order valence-electron chi connectivity index (χ4n) is 9.88. The summed E-state index contributed by atoms with van der Waals surface area (Å²) in [6, 6.07) is 0. The Morgan fingerprint density at radius 1 is 0.462 bits per heavy atom.